The molecule has 2 aliphatic heterocycles. The standard InChI is InChI=1S/C15H24N2O3/c18-13-4-2-8-17(10-13)15(20)12-3-1-7-16(9-12)14(19)11-5-6-11/h11-13,18H,1-10H2/t12?,13-/m0/s1. The van der Waals surface area contributed by atoms with E-state index in [0.29, 0.717) is 13.1 Å². The fourth-order valence-electron chi connectivity index (χ4n) is 3.38. The third kappa shape index (κ3) is 2.97. The number of hydrogen-bond acceptors (Lipinski definition) is 3. The summed E-state index contributed by atoms with van der Waals surface area (Å²) in [6.07, 6.45) is 5.13. The molecule has 2 amide bonds. The van der Waals surface area contributed by atoms with Gasteiger partial charge in [-0.25, -0.2) is 0 Å². The van der Waals surface area contributed by atoms with Crippen molar-refractivity contribution in [1.29, 1.82) is 0 Å². The molecule has 20 heavy (non-hydrogen) atoms. The smallest absolute Gasteiger partial charge is 0.227 e. The van der Waals surface area contributed by atoms with Crippen molar-refractivity contribution in [2.45, 2.75) is 44.6 Å². The van der Waals surface area contributed by atoms with Crippen molar-refractivity contribution in [2.75, 3.05) is 26.2 Å². The fraction of sp³-hybridized carbons (Fsp3) is 0.867. The summed E-state index contributed by atoms with van der Waals surface area (Å²) < 4.78 is 0. The molecule has 2 saturated heterocycles. The topological polar surface area (TPSA) is 60.9 Å². The highest BCUT2D eigenvalue weighted by Gasteiger charge is 2.38. The number of carbonyl (C=O) groups excluding carboxylic acids is 2. The van der Waals surface area contributed by atoms with Crippen LogP contribution in [0.5, 0.6) is 0 Å². The van der Waals surface area contributed by atoms with Gasteiger partial charge in [0.2, 0.25) is 11.8 Å². The van der Waals surface area contributed by atoms with Crippen molar-refractivity contribution in [3.05, 3.63) is 0 Å². The number of β-amino-alcohol motifs (C(OH)–C–C–N with tert-alkyl or cyclic N) is 1. The van der Waals surface area contributed by atoms with Gasteiger partial charge in [-0.15, -0.1) is 0 Å². The number of aliphatic hydroxyl groups is 1. The zero-order chi connectivity index (χ0) is 14.1. The maximum Gasteiger partial charge on any atom is 0.227 e. The number of nitrogens with zero attached hydrogens (tertiary/aromatic N) is 2. The van der Waals surface area contributed by atoms with Gasteiger partial charge in [0.1, 0.15) is 0 Å². The maximum absolute atomic E-state index is 12.5. The molecule has 1 aliphatic carbocycles. The van der Waals surface area contributed by atoms with Crippen molar-refractivity contribution in [3.8, 4) is 0 Å². The zero-order valence-electron chi connectivity index (χ0n) is 12.0. The lowest BCUT2D eigenvalue weighted by Crippen LogP contribution is -2.50. The van der Waals surface area contributed by atoms with Crippen molar-refractivity contribution in [3.63, 3.8) is 0 Å². The first-order chi connectivity index (χ1) is 9.65. The largest absolute Gasteiger partial charge is 0.391 e. The van der Waals surface area contributed by atoms with E-state index in [1.165, 1.54) is 0 Å². The summed E-state index contributed by atoms with van der Waals surface area (Å²) in [5.41, 5.74) is 0. The molecule has 5 nitrogen and oxygen atoms in total. The van der Waals surface area contributed by atoms with E-state index in [1.807, 2.05) is 4.90 Å². The SMILES string of the molecule is O=C(C1CC1)N1CCCC(C(=O)N2CCC[C@H](O)C2)C1. The Kier molecular flexibility index (Phi) is 3.96. The van der Waals surface area contributed by atoms with Crippen LogP contribution in [0.15, 0.2) is 0 Å². The van der Waals surface area contributed by atoms with E-state index in [1.54, 1.807) is 4.90 Å². The molecule has 3 rings (SSSR count). The summed E-state index contributed by atoms with van der Waals surface area (Å²) >= 11 is 0. The van der Waals surface area contributed by atoms with E-state index < -0.39 is 0 Å². The van der Waals surface area contributed by atoms with Crippen molar-refractivity contribution < 1.29 is 14.7 Å². The molecular weight excluding hydrogens is 256 g/mol. The molecule has 0 radical (unpaired) electrons. The highest BCUT2D eigenvalue weighted by atomic mass is 16.3. The molecule has 0 aromatic carbocycles. The monoisotopic (exact) mass is 280 g/mol. The molecule has 0 aromatic rings. The lowest BCUT2D eigenvalue weighted by molar-refractivity contribution is -0.143. The minimum atomic E-state index is -0.375. The van der Waals surface area contributed by atoms with Crippen molar-refractivity contribution >= 4 is 11.8 Å². The van der Waals surface area contributed by atoms with E-state index in [2.05, 4.69) is 0 Å². The Labute approximate surface area is 119 Å². The second-order valence-corrected chi connectivity index (χ2v) is 6.48. The third-order valence-electron chi connectivity index (χ3n) is 4.72. The summed E-state index contributed by atoms with van der Waals surface area (Å²) in [5, 5.41) is 9.69. The van der Waals surface area contributed by atoms with Crippen LogP contribution in [0.3, 0.4) is 0 Å². The van der Waals surface area contributed by atoms with Crippen LogP contribution in [-0.4, -0.2) is 59.0 Å². The number of piperidine rings is 2. The molecule has 2 heterocycles. The minimum Gasteiger partial charge on any atom is -0.391 e. The van der Waals surface area contributed by atoms with Gasteiger partial charge >= 0.3 is 0 Å². The Balaban J connectivity index is 1.58. The molecule has 3 fully saturated rings. The molecule has 112 valence electrons. The Morgan fingerprint density at radius 3 is 2.05 bits per heavy atom. The average molecular weight is 280 g/mol. The van der Waals surface area contributed by atoms with Crippen LogP contribution >= 0.6 is 0 Å². The van der Waals surface area contributed by atoms with Crippen LogP contribution < -0.4 is 0 Å². The highest BCUT2D eigenvalue weighted by Crippen LogP contribution is 2.32. The summed E-state index contributed by atoms with van der Waals surface area (Å²) in [6, 6.07) is 0. The Morgan fingerprint density at radius 1 is 0.800 bits per heavy atom. The number of aliphatic hydroxyl groups excluding tert-OH is 1. The molecule has 5 heteroatoms. The minimum absolute atomic E-state index is 0.0586. The number of carbonyl (C=O) groups is 2. The van der Waals surface area contributed by atoms with E-state index >= 15 is 0 Å². The number of hydrogen-bond donors (Lipinski definition) is 1. The normalized spacial score (nSPS) is 31.2. The van der Waals surface area contributed by atoms with Gasteiger partial charge in [-0.1, -0.05) is 0 Å². The first kappa shape index (κ1) is 13.9. The predicted molar refractivity (Wildman–Crippen MR) is 73.8 cm³/mol. The van der Waals surface area contributed by atoms with E-state index in [0.717, 1.165) is 51.6 Å². The molecule has 0 spiro atoms. The molecule has 1 N–H and O–H groups in total. The average Bonchev–Trinajstić information content (AvgIpc) is 3.30. The van der Waals surface area contributed by atoms with Gasteiger partial charge in [0.15, 0.2) is 0 Å². The summed E-state index contributed by atoms with van der Waals surface area (Å²) in [6.45, 7) is 2.61. The molecule has 1 unspecified atom stereocenters. The lowest BCUT2D eigenvalue weighted by Gasteiger charge is -2.37. The second-order valence-electron chi connectivity index (χ2n) is 6.48. The van der Waals surface area contributed by atoms with Gasteiger partial charge in [0.05, 0.1) is 12.0 Å². The van der Waals surface area contributed by atoms with Crippen LogP contribution in [0.1, 0.15) is 38.5 Å². The van der Waals surface area contributed by atoms with Gasteiger partial charge < -0.3 is 14.9 Å². The molecule has 1 saturated carbocycles. The van der Waals surface area contributed by atoms with E-state index in [4.69, 9.17) is 0 Å². The molecular formula is C15H24N2O3. The van der Waals surface area contributed by atoms with Crippen LogP contribution in [0.25, 0.3) is 0 Å². The summed E-state index contributed by atoms with van der Waals surface area (Å²) in [7, 11) is 0. The number of likely N-dealkylation sites (tertiary alicyclic amines) is 2. The second kappa shape index (κ2) is 5.72. The molecule has 3 aliphatic rings. The van der Waals surface area contributed by atoms with Gasteiger partial charge in [0.25, 0.3) is 0 Å². The van der Waals surface area contributed by atoms with E-state index in [-0.39, 0.29) is 29.8 Å². The third-order valence-corrected chi connectivity index (χ3v) is 4.72. The molecule has 0 aromatic heterocycles. The van der Waals surface area contributed by atoms with Gasteiger partial charge in [-0.2, -0.15) is 0 Å². The van der Waals surface area contributed by atoms with Crippen molar-refractivity contribution in [2.24, 2.45) is 11.8 Å². The van der Waals surface area contributed by atoms with Gasteiger partial charge in [0, 0.05) is 32.1 Å². The first-order valence-corrected chi connectivity index (χ1v) is 7.91. The predicted octanol–water partition coefficient (Wildman–Crippen LogP) is 0.618. The Hall–Kier alpha value is -1.10. The van der Waals surface area contributed by atoms with E-state index in [9.17, 15) is 14.7 Å². The van der Waals surface area contributed by atoms with Crippen LogP contribution in [0, 0.1) is 11.8 Å². The van der Waals surface area contributed by atoms with Crippen LogP contribution in [0.4, 0.5) is 0 Å². The Morgan fingerprint density at radius 2 is 1.40 bits per heavy atom. The summed E-state index contributed by atoms with van der Waals surface area (Å²) in [4.78, 5) is 28.3. The number of amides is 2. The van der Waals surface area contributed by atoms with Crippen LogP contribution in [-0.2, 0) is 9.59 Å². The fourth-order valence-corrected chi connectivity index (χ4v) is 3.38. The van der Waals surface area contributed by atoms with Gasteiger partial charge in [-0.3, -0.25) is 9.59 Å². The highest BCUT2D eigenvalue weighted by molar-refractivity contribution is 5.83. The number of rotatable bonds is 2. The molecule has 0 bridgehead atoms. The molecule has 2 atom stereocenters. The van der Waals surface area contributed by atoms with Crippen LogP contribution in [0.2, 0.25) is 0 Å². The zero-order valence-corrected chi connectivity index (χ0v) is 12.0. The quantitative estimate of drug-likeness (QED) is 0.806. The maximum atomic E-state index is 12.5. The summed E-state index contributed by atoms with van der Waals surface area (Å²) in [5.74, 6) is 0.565. The first-order valence-electron chi connectivity index (χ1n) is 7.91. The van der Waals surface area contributed by atoms with Crippen molar-refractivity contribution in [1.82, 2.24) is 9.80 Å². The lowest BCUT2D eigenvalue weighted by atomic mass is 9.95. The van der Waals surface area contributed by atoms with Gasteiger partial charge in [-0.05, 0) is 38.5 Å². The Bertz CT molecular complexity index is 395.